The van der Waals surface area contributed by atoms with Gasteiger partial charge < -0.3 is 9.64 Å². The van der Waals surface area contributed by atoms with Crippen molar-refractivity contribution in [3.05, 3.63) is 69.2 Å². The van der Waals surface area contributed by atoms with Crippen molar-refractivity contribution in [1.82, 2.24) is 9.80 Å². The number of hydrogen-bond donors (Lipinski definition) is 0. The van der Waals surface area contributed by atoms with Crippen molar-refractivity contribution in [2.75, 3.05) is 32.8 Å². The summed E-state index contributed by atoms with van der Waals surface area (Å²) in [5.41, 5.74) is 3.13. The molecule has 3 aliphatic rings. The van der Waals surface area contributed by atoms with Gasteiger partial charge in [-0.05, 0) is 60.7 Å². The summed E-state index contributed by atoms with van der Waals surface area (Å²) >= 11 is 12.3. The number of likely N-dealkylation sites (tertiary alicyclic amines) is 2. The molecule has 0 radical (unpaired) electrons. The number of benzene rings is 2. The van der Waals surface area contributed by atoms with E-state index in [0.29, 0.717) is 29.2 Å². The van der Waals surface area contributed by atoms with Gasteiger partial charge in [-0.15, -0.1) is 0 Å². The molecule has 4 nitrogen and oxygen atoms in total. The van der Waals surface area contributed by atoms with Gasteiger partial charge in [0.25, 0.3) is 5.91 Å². The van der Waals surface area contributed by atoms with Crippen molar-refractivity contribution >= 4 is 35.2 Å². The second-order valence-corrected chi connectivity index (χ2v) is 10.9. The first kappa shape index (κ1) is 22.8. The van der Waals surface area contributed by atoms with Gasteiger partial charge in [-0.3, -0.25) is 9.69 Å². The minimum Gasteiger partial charge on any atom is -0.488 e. The lowest BCUT2D eigenvalue weighted by Gasteiger charge is -2.61. The highest BCUT2D eigenvalue weighted by Gasteiger charge is 2.54. The molecule has 2 saturated heterocycles. The average Bonchev–Trinajstić information content (AvgIpc) is 2.79. The maximum absolute atomic E-state index is 13.3. The standard InChI is InChI=1S/C27H30Cl2N2O2/c1-18(2)15-31-17-27(25(31)19-3-5-22(28)6-4-19)9-11-30(12-10-27)26(32)21-13-20-14-23(29)7-8-24(20)33-16-21/h3-8,13-14,18,25H,9-12,15-17H2,1-2H3. The Hall–Kier alpha value is -2.01. The van der Waals surface area contributed by atoms with Gasteiger partial charge in [-0.25, -0.2) is 0 Å². The van der Waals surface area contributed by atoms with Crippen molar-refractivity contribution < 1.29 is 9.53 Å². The van der Waals surface area contributed by atoms with E-state index in [9.17, 15) is 4.79 Å². The molecule has 0 N–H and O–H groups in total. The molecule has 0 saturated carbocycles. The average molecular weight is 485 g/mol. The summed E-state index contributed by atoms with van der Waals surface area (Å²) in [6, 6.07) is 14.2. The van der Waals surface area contributed by atoms with Gasteiger partial charge >= 0.3 is 0 Å². The molecule has 1 unspecified atom stereocenters. The fourth-order valence-corrected chi connectivity index (χ4v) is 6.07. The molecular formula is C27H30Cl2N2O2. The molecule has 1 amide bonds. The van der Waals surface area contributed by atoms with E-state index in [2.05, 4.69) is 30.9 Å². The van der Waals surface area contributed by atoms with Crippen molar-refractivity contribution in [2.24, 2.45) is 11.3 Å². The summed E-state index contributed by atoms with van der Waals surface area (Å²) in [7, 11) is 0. The van der Waals surface area contributed by atoms with Crippen molar-refractivity contribution in [1.29, 1.82) is 0 Å². The van der Waals surface area contributed by atoms with Gasteiger partial charge in [0, 0.05) is 53.2 Å². The first-order chi connectivity index (χ1) is 15.8. The molecule has 1 atom stereocenters. The Labute approximate surface area is 206 Å². The molecule has 0 aliphatic carbocycles. The van der Waals surface area contributed by atoms with E-state index in [4.69, 9.17) is 27.9 Å². The smallest absolute Gasteiger partial charge is 0.253 e. The van der Waals surface area contributed by atoms with Crippen LogP contribution < -0.4 is 4.74 Å². The van der Waals surface area contributed by atoms with E-state index in [1.807, 2.05) is 41.3 Å². The van der Waals surface area contributed by atoms with Crippen LogP contribution in [-0.4, -0.2) is 48.5 Å². The van der Waals surface area contributed by atoms with Crippen molar-refractivity contribution in [2.45, 2.75) is 32.7 Å². The molecule has 0 aromatic heterocycles. The lowest BCUT2D eigenvalue weighted by molar-refractivity contribution is -0.141. The molecule has 3 aliphatic heterocycles. The lowest BCUT2D eigenvalue weighted by Crippen LogP contribution is -2.63. The molecule has 0 bridgehead atoms. The second kappa shape index (κ2) is 8.98. The predicted molar refractivity (Wildman–Crippen MR) is 134 cm³/mol. The highest BCUT2D eigenvalue weighted by atomic mass is 35.5. The third-order valence-corrected chi connectivity index (χ3v) is 7.74. The van der Waals surface area contributed by atoms with Gasteiger partial charge in [-0.1, -0.05) is 49.2 Å². The number of carbonyl (C=O) groups is 1. The van der Waals surface area contributed by atoms with Crippen LogP contribution in [0.1, 0.15) is 43.9 Å². The number of ether oxygens (including phenoxy) is 1. The molecule has 5 rings (SSSR count). The van der Waals surface area contributed by atoms with E-state index in [1.165, 1.54) is 5.56 Å². The highest BCUT2D eigenvalue weighted by molar-refractivity contribution is 6.31. The number of halogens is 2. The van der Waals surface area contributed by atoms with E-state index >= 15 is 0 Å². The van der Waals surface area contributed by atoms with E-state index < -0.39 is 0 Å². The molecule has 2 fully saturated rings. The minimum atomic E-state index is 0.0804. The van der Waals surface area contributed by atoms with Crippen LogP contribution >= 0.6 is 23.2 Å². The highest BCUT2D eigenvalue weighted by Crippen LogP contribution is 2.55. The summed E-state index contributed by atoms with van der Waals surface area (Å²) in [4.78, 5) is 17.9. The second-order valence-electron chi connectivity index (χ2n) is 10.1. The van der Waals surface area contributed by atoms with Gasteiger partial charge in [0.1, 0.15) is 12.4 Å². The van der Waals surface area contributed by atoms with Crippen LogP contribution in [-0.2, 0) is 4.79 Å². The Morgan fingerprint density at radius 2 is 1.79 bits per heavy atom. The van der Waals surface area contributed by atoms with Crippen LogP contribution in [0.3, 0.4) is 0 Å². The van der Waals surface area contributed by atoms with E-state index in [0.717, 1.165) is 55.4 Å². The molecular weight excluding hydrogens is 455 g/mol. The zero-order chi connectivity index (χ0) is 23.2. The van der Waals surface area contributed by atoms with Crippen LogP contribution in [0.15, 0.2) is 48.0 Å². The number of nitrogens with zero attached hydrogens (tertiary/aromatic N) is 2. The Bertz CT molecular complexity index is 1070. The summed E-state index contributed by atoms with van der Waals surface area (Å²) in [6.45, 7) is 8.59. The fraction of sp³-hybridized carbons (Fsp3) is 0.444. The van der Waals surface area contributed by atoms with E-state index in [-0.39, 0.29) is 11.3 Å². The van der Waals surface area contributed by atoms with Gasteiger partial charge in [0.15, 0.2) is 0 Å². The molecule has 1 spiro atoms. The quantitative estimate of drug-likeness (QED) is 0.526. The van der Waals surface area contributed by atoms with Crippen LogP contribution in [0.25, 0.3) is 6.08 Å². The predicted octanol–water partition coefficient (Wildman–Crippen LogP) is 6.09. The number of carbonyl (C=O) groups excluding carboxylic acids is 1. The molecule has 2 aromatic rings. The monoisotopic (exact) mass is 484 g/mol. The van der Waals surface area contributed by atoms with Crippen LogP contribution in [0, 0.1) is 11.3 Å². The molecule has 174 valence electrons. The SMILES string of the molecule is CC(C)CN1CC2(CCN(C(=O)C3=Cc4cc(Cl)ccc4OC3)CC2)C1c1ccc(Cl)cc1. The lowest BCUT2D eigenvalue weighted by atomic mass is 9.63. The number of hydrogen-bond acceptors (Lipinski definition) is 3. The van der Waals surface area contributed by atoms with Gasteiger partial charge in [-0.2, -0.15) is 0 Å². The number of amides is 1. The maximum atomic E-state index is 13.3. The number of rotatable bonds is 4. The van der Waals surface area contributed by atoms with Crippen molar-refractivity contribution in [3.63, 3.8) is 0 Å². The maximum Gasteiger partial charge on any atom is 0.253 e. The molecule has 3 heterocycles. The third-order valence-electron chi connectivity index (χ3n) is 7.25. The minimum absolute atomic E-state index is 0.0804. The van der Waals surface area contributed by atoms with E-state index in [1.54, 1.807) is 0 Å². The normalized spacial score (nSPS) is 21.9. The van der Waals surface area contributed by atoms with Crippen LogP contribution in [0.5, 0.6) is 5.75 Å². The zero-order valence-corrected chi connectivity index (χ0v) is 20.7. The summed E-state index contributed by atoms with van der Waals surface area (Å²) in [5, 5.41) is 1.42. The Morgan fingerprint density at radius 3 is 2.48 bits per heavy atom. The number of fused-ring (bicyclic) bond motifs is 1. The first-order valence-corrected chi connectivity index (χ1v) is 12.5. The van der Waals surface area contributed by atoms with Gasteiger partial charge in [0.2, 0.25) is 0 Å². The first-order valence-electron chi connectivity index (χ1n) is 11.8. The largest absolute Gasteiger partial charge is 0.488 e. The summed E-state index contributed by atoms with van der Waals surface area (Å²) in [5.74, 6) is 1.48. The summed E-state index contributed by atoms with van der Waals surface area (Å²) < 4.78 is 5.82. The fourth-order valence-electron chi connectivity index (χ4n) is 5.77. The van der Waals surface area contributed by atoms with Crippen LogP contribution in [0.4, 0.5) is 0 Å². The van der Waals surface area contributed by atoms with Crippen LogP contribution in [0.2, 0.25) is 10.0 Å². The zero-order valence-electron chi connectivity index (χ0n) is 19.2. The Balaban J connectivity index is 1.30. The Morgan fingerprint density at radius 1 is 1.09 bits per heavy atom. The Kier molecular flexibility index (Phi) is 6.19. The number of piperidine rings is 1. The molecule has 6 heteroatoms. The van der Waals surface area contributed by atoms with Gasteiger partial charge in [0.05, 0.1) is 5.57 Å². The third kappa shape index (κ3) is 4.41. The summed E-state index contributed by atoms with van der Waals surface area (Å²) in [6.07, 6.45) is 3.95. The topological polar surface area (TPSA) is 32.8 Å². The van der Waals surface area contributed by atoms with Crippen molar-refractivity contribution in [3.8, 4) is 5.75 Å². The molecule has 33 heavy (non-hydrogen) atoms. The molecule has 2 aromatic carbocycles.